The molecule has 98 valence electrons. The van der Waals surface area contributed by atoms with E-state index in [1.54, 1.807) is 0 Å². The summed E-state index contributed by atoms with van der Waals surface area (Å²) in [7, 11) is 0. The number of hydrogen-bond donors (Lipinski definition) is 3. The maximum atomic E-state index is 11.4. The van der Waals surface area contributed by atoms with Crippen molar-refractivity contribution in [2.75, 3.05) is 18.1 Å². The lowest BCUT2D eigenvalue weighted by molar-refractivity contribution is -0.137. The van der Waals surface area contributed by atoms with Gasteiger partial charge in [-0.15, -0.1) is 0 Å². The van der Waals surface area contributed by atoms with Crippen LogP contribution in [0.15, 0.2) is 0 Å². The zero-order chi connectivity index (χ0) is 12.5. The second-order valence-corrected chi connectivity index (χ2v) is 5.31. The molecule has 1 aliphatic heterocycles. The van der Waals surface area contributed by atoms with Gasteiger partial charge in [0.2, 0.25) is 0 Å². The van der Waals surface area contributed by atoms with Crippen LogP contribution in [0.5, 0.6) is 0 Å². The van der Waals surface area contributed by atoms with Gasteiger partial charge in [-0.2, -0.15) is 11.8 Å². The number of hydrogen-bond acceptors (Lipinski definition) is 3. The molecule has 3 N–H and O–H groups in total. The summed E-state index contributed by atoms with van der Waals surface area (Å²) in [6.45, 7) is 0.616. The number of thioether (sulfide) groups is 1. The number of aliphatic carboxylic acids is 1. The van der Waals surface area contributed by atoms with Crippen molar-refractivity contribution in [2.24, 2.45) is 0 Å². The Labute approximate surface area is 106 Å². The van der Waals surface area contributed by atoms with Gasteiger partial charge in [-0.3, -0.25) is 4.79 Å². The van der Waals surface area contributed by atoms with Crippen LogP contribution in [0.25, 0.3) is 0 Å². The Bertz CT molecular complexity index is 255. The van der Waals surface area contributed by atoms with E-state index < -0.39 is 5.97 Å². The Morgan fingerprint density at radius 3 is 2.76 bits per heavy atom. The minimum atomic E-state index is -0.755. The van der Waals surface area contributed by atoms with E-state index >= 15 is 0 Å². The summed E-state index contributed by atoms with van der Waals surface area (Å²) >= 11 is 1.86. The first-order valence-corrected chi connectivity index (χ1v) is 7.18. The summed E-state index contributed by atoms with van der Waals surface area (Å²) in [5.74, 6) is 1.38. The van der Waals surface area contributed by atoms with Crippen LogP contribution in [0, 0.1) is 0 Å². The average molecular weight is 260 g/mol. The Morgan fingerprint density at radius 2 is 2.12 bits per heavy atom. The molecule has 0 saturated carbocycles. The third kappa shape index (κ3) is 7.10. The molecule has 0 aromatic rings. The summed E-state index contributed by atoms with van der Waals surface area (Å²) in [5.41, 5.74) is 0. The van der Waals surface area contributed by atoms with Crippen LogP contribution in [0.3, 0.4) is 0 Å². The highest BCUT2D eigenvalue weighted by Crippen LogP contribution is 2.16. The molecule has 0 aliphatic carbocycles. The Kier molecular flexibility index (Phi) is 6.84. The molecule has 1 fully saturated rings. The summed E-state index contributed by atoms with van der Waals surface area (Å²) in [6, 6.07) is 0.211. The predicted molar refractivity (Wildman–Crippen MR) is 68.4 cm³/mol. The van der Waals surface area contributed by atoms with Gasteiger partial charge in [0.1, 0.15) is 0 Å². The van der Waals surface area contributed by atoms with Gasteiger partial charge in [-0.1, -0.05) is 6.42 Å². The van der Waals surface area contributed by atoms with Crippen LogP contribution in [0.4, 0.5) is 4.79 Å². The van der Waals surface area contributed by atoms with Crippen molar-refractivity contribution in [3.63, 3.8) is 0 Å². The minimum absolute atomic E-state index is 0.101. The molecule has 0 aromatic carbocycles. The monoisotopic (exact) mass is 260 g/mol. The minimum Gasteiger partial charge on any atom is -0.481 e. The zero-order valence-electron chi connectivity index (χ0n) is 9.91. The highest BCUT2D eigenvalue weighted by Gasteiger charge is 2.16. The molecule has 1 saturated heterocycles. The number of urea groups is 1. The molecule has 1 heterocycles. The Morgan fingerprint density at radius 1 is 1.29 bits per heavy atom. The quantitative estimate of drug-likeness (QED) is 0.605. The number of carbonyl (C=O) groups is 2. The summed E-state index contributed by atoms with van der Waals surface area (Å²) in [5, 5.41) is 14.1. The van der Waals surface area contributed by atoms with Gasteiger partial charge >= 0.3 is 12.0 Å². The van der Waals surface area contributed by atoms with Crippen molar-refractivity contribution in [1.29, 1.82) is 0 Å². The molecule has 0 bridgehead atoms. The van der Waals surface area contributed by atoms with E-state index in [4.69, 9.17) is 5.11 Å². The van der Waals surface area contributed by atoms with Gasteiger partial charge in [-0.25, -0.2) is 4.79 Å². The highest BCUT2D eigenvalue weighted by atomic mass is 32.2. The van der Waals surface area contributed by atoms with Gasteiger partial charge in [-0.05, 0) is 25.0 Å². The van der Waals surface area contributed by atoms with Crippen molar-refractivity contribution in [3.05, 3.63) is 0 Å². The number of nitrogens with one attached hydrogen (secondary N) is 2. The van der Waals surface area contributed by atoms with Gasteiger partial charge in [0.25, 0.3) is 0 Å². The van der Waals surface area contributed by atoms with E-state index in [1.807, 2.05) is 11.8 Å². The number of carboxylic acid groups (broad SMARTS) is 1. The predicted octanol–water partition coefficient (Wildman–Crippen LogP) is 1.44. The molecule has 0 spiro atoms. The third-order valence-electron chi connectivity index (χ3n) is 2.62. The number of amides is 2. The van der Waals surface area contributed by atoms with E-state index in [0.717, 1.165) is 30.8 Å². The SMILES string of the molecule is O=C(O)CCCCCNC(=O)NC1CCSC1. The molecule has 0 aromatic heterocycles. The number of unbranched alkanes of at least 4 members (excludes halogenated alkanes) is 2. The van der Waals surface area contributed by atoms with E-state index in [0.29, 0.717) is 19.0 Å². The first-order valence-electron chi connectivity index (χ1n) is 6.02. The molecule has 17 heavy (non-hydrogen) atoms. The molecule has 5 nitrogen and oxygen atoms in total. The lowest BCUT2D eigenvalue weighted by atomic mass is 10.2. The van der Waals surface area contributed by atoms with Crippen LogP contribution in [0.1, 0.15) is 32.1 Å². The first-order chi connectivity index (χ1) is 8.18. The molecule has 0 radical (unpaired) electrons. The molecule has 1 unspecified atom stereocenters. The van der Waals surface area contributed by atoms with Crippen LogP contribution < -0.4 is 10.6 Å². The second kappa shape index (κ2) is 8.22. The summed E-state index contributed by atoms with van der Waals surface area (Å²) < 4.78 is 0. The Balaban J connectivity index is 1.91. The fourth-order valence-corrected chi connectivity index (χ4v) is 2.82. The molecular formula is C11H20N2O3S. The van der Waals surface area contributed by atoms with Gasteiger partial charge in [0, 0.05) is 24.8 Å². The molecule has 1 aliphatic rings. The van der Waals surface area contributed by atoms with Crippen molar-refractivity contribution >= 4 is 23.8 Å². The lowest BCUT2D eigenvalue weighted by Gasteiger charge is -2.12. The molecule has 1 atom stereocenters. The molecule has 2 amide bonds. The molecule has 1 rings (SSSR count). The van der Waals surface area contributed by atoms with Crippen LogP contribution >= 0.6 is 11.8 Å². The Hall–Kier alpha value is -0.910. The van der Waals surface area contributed by atoms with E-state index in [-0.39, 0.29) is 12.5 Å². The molecular weight excluding hydrogens is 240 g/mol. The highest BCUT2D eigenvalue weighted by molar-refractivity contribution is 7.99. The van der Waals surface area contributed by atoms with Crippen LogP contribution in [-0.4, -0.2) is 41.2 Å². The smallest absolute Gasteiger partial charge is 0.315 e. The van der Waals surface area contributed by atoms with Crippen molar-refractivity contribution < 1.29 is 14.7 Å². The standard InChI is InChI=1S/C11H20N2O3S/c14-10(15)4-2-1-3-6-12-11(16)13-9-5-7-17-8-9/h9H,1-8H2,(H,14,15)(H2,12,13,16). The van der Waals surface area contributed by atoms with E-state index in [1.165, 1.54) is 0 Å². The number of carboxylic acids is 1. The van der Waals surface area contributed by atoms with Crippen LogP contribution in [-0.2, 0) is 4.79 Å². The fourth-order valence-electron chi connectivity index (χ4n) is 1.66. The average Bonchev–Trinajstić information content (AvgIpc) is 2.75. The maximum Gasteiger partial charge on any atom is 0.315 e. The first kappa shape index (κ1) is 14.2. The molecule has 6 heteroatoms. The maximum absolute atomic E-state index is 11.4. The lowest BCUT2D eigenvalue weighted by Crippen LogP contribution is -2.42. The van der Waals surface area contributed by atoms with Crippen molar-refractivity contribution in [1.82, 2.24) is 10.6 Å². The van der Waals surface area contributed by atoms with Gasteiger partial charge < -0.3 is 15.7 Å². The summed E-state index contributed by atoms with van der Waals surface area (Å²) in [4.78, 5) is 21.7. The van der Waals surface area contributed by atoms with Crippen molar-refractivity contribution in [2.45, 2.75) is 38.1 Å². The fraction of sp³-hybridized carbons (Fsp3) is 0.818. The largest absolute Gasteiger partial charge is 0.481 e. The zero-order valence-corrected chi connectivity index (χ0v) is 10.7. The summed E-state index contributed by atoms with van der Waals surface area (Å²) in [6.07, 6.45) is 3.62. The van der Waals surface area contributed by atoms with Crippen LogP contribution in [0.2, 0.25) is 0 Å². The van der Waals surface area contributed by atoms with E-state index in [9.17, 15) is 9.59 Å². The van der Waals surface area contributed by atoms with Crippen molar-refractivity contribution in [3.8, 4) is 0 Å². The normalized spacial score (nSPS) is 18.9. The third-order valence-corrected chi connectivity index (χ3v) is 3.78. The van der Waals surface area contributed by atoms with Gasteiger partial charge in [0.05, 0.1) is 0 Å². The topological polar surface area (TPSA) is 78.4 Å². The second-order valence-electron chi connectivity index (χ2n) is 4.17. The number of rotatable bonds is 7. The van der Waals surface area contributed by atoms with Gasteiger partial charge in [0.15, 0.2) is 0 Å². The van der Waals surface area contributed by atoms with E-state index in [2.05, 4.69) is 10.6 Å². The number of carbonyl (C=O) groups excluding carboxylic acids is 1.